The van der Waals surface area contributed by atoms with Crippen LogP contribution in [0.3, 0.4) is 0 Å². The summed E-state index contributed by atoms with van der Waals surface area (Å²) in [6.45, 7) is 5.78. The molecule has 82 valence electrons. The van der Waals surface area contributed by atoms with Gasteiger partial charge < -0.3 is 9.90 Å². The van der Waals surface area contributed by atoms with Crippen LogP contribution in [0, 0.1) is 13.8 Å². The van der Waals surface area contributed by atoms with E-state index < -0.39 is 0 Å². The Hall–Kier alpha value is -1.02. The summed E-state index contributed by atoms with van der Waals surface area (Å²) in [5.74, 6) is 0.106. The van der Waals surface area contributed by atoms with Gasteiger partial charge in [0.05, 0.1) is 5.02 Å². The predicted molar refractivity (Wildman–Crippen MR) is 61.7 cm³/mol. The van der Waals surface area contributed by atoms with Crippen molar-refractivity contribution in [3.8, 4) is 5.75 Å². The van der Waals surface area contributed by atoms with Crippen molar-refractivity contribution in [2.24, 2.45) is 0 Å². The molecule has 0 bridgehead atoms. The molecule has 1 N–H and O–H groups in total. The van der Waals surface area contributed by atoms with Gasteiger partial charge in [-0.05, 0) is 37.0 Å². The van der Waals surface area contributed by atoms with E-state index in [0.717, 1.165) is 23.0 Å². The Kier molecular flexibility index (Phi) is 3.75. The molecule has 0 aliphatic carbocycles. The van der Waals surface area contributed by atoms with Crippen molar-refractivity contribution in [2.75, 3.05) is 0 Å². The van der Waals surface area contributed by atoms with Crippen molar-refractivity contribution in [1.82, 2.24) is 0 Å². The highest BCUT2D eigenvalue weighted by Crippen LogP contribution is 2.37. The Morgan fingerprint density at radius 3 is 2.67 bits per heavy atom. The van der Waals surface area contributed by atoms with Crippen LogP contribution in [0.15, 0.2) is 6.07 Å². The van der Waals surface area contributed by atoms with E-state index in [1.807, 2.05) is 20.8 Å². The lowest BCUT2D eigenvalue weighted by atomic mass is 9.91. The van der Waals surface area contributed by atoms with E-state index in [-0.39, 0.29) is 11.7 Å². The number of aryl methyl sites for hydroxylation is 1. The molecule has 0 heterocycles. The van der Waals surface area contributed by atoms with Crippen LogP contribution >= 0.6 is 11.6 Å². The average Bonchev–Trinajstić information content (AvgIpc) is 2.16. The smallest absolute Gasteiger partial charge is 0.137 e. The normalized spacial score (nSPS) is 12.5. The van der Waals surface area contributed by atoms with E-state index in [9.17, 15) is 9.90 Å². The fraction of sp³-hybridized carbons (Fsp3) is 0.417. The molecule has 1 aromatic carbocycles. The summed E-state index contributed by atoms with van der Waals surface area (Å²) < 4.78 is 0. The lowest BCUT2D eigenvalue weighted by Crippen LogP contribution is -2.00. The van der Waals surface area contributed by atoms with Crippen molar-refractivity contribution in [3.05, 3.63) is 27.8 Å². The Bertz CT molecular complexity index is 359. The topological polar surface area (TPSA) is 37.3 Å². The second-order valence-electron chi connectivity index (χ2n) is 3.87. The maximum atomic E-state index is 10.5. The first-order valence-corrected chi connectivity index (χ1v) is 5.29. The number of hydrogen-bond donors (Lipinski definition) is 1. The van der Waals surface area contributed by atoms with Crippen LogP contribution in [-0.2, 0) is 4.79 Å². The highest BCUT2D eigenvalue weighted by molar-refractivity contribution is 6.32. The molecule has 0 radical (unpaired) electrons. The van der Waals surface area contributed by atoms with E-state index >= 15 is 0 Å². The number of carbonyl (C=O) groups is 1. The fourth-order valence-electron chi connectivity index (χ4n) is 1.75. The van der Waals surface area contributed by atoms with Crippen molar-refractivity contribution in [1.29, 1.82) is 0 Å². The van der Waals surface area contributed by atoms with Gasteiger partial charge in [0, 0.05) is 12.0 Å². The molecule has 0 aliphatic rings. The summed E-state index contributed by atoms with van der Waals surface area (Å²) in [5.41, 5.74) is 2.82. The van der Waals surface area contributed by atoms with Crippen LogP contribution in [0.2, 0.25) is 5.02 Å². The third kappa shape index (κ3) is 2.32. The number of aldehydes is 1. The minimum absolute atomic E-state index is 0.0000926. The summed E-state index contributed by atoms with van der Waals surface area (Å²) in [6.07, 6.45) is 1.26. The first-order valence-electron chi connectivity index (χ1n) is 4.91. The molecule has 0 aliphatic heterocycles. The van der Waals surface area contributed by atoms with Gasteiger partial charge in [-0.1, -0.05) is 18.5 Å². The average molecular weight is 227 g/mol. The third-order valence-corrected chi connectivity index (χ3v) is 3.05. The van der Waals surface area contributed by atoms with Gasteiger partial charge in [0.15, 0.2) is 0 Å². The number of rotatable bonds is 3. The number of aromatic hydroxyl groups is 1. The second-order valence-corrected chi connectivity index (χ2v) is 4.27. The molecule has 0 spiro atoms. The van der Waals surface area contributed by atoms with Gasteiger partial charge >= 0.3 is 0 Å². The van der Waals surface area contributed by atoms with Crippen LogP contribution in [0.25, 0.3) is 0 Å². The van der Waals surface area contributed by atoms with Crippen LogP contribution < -0.4 is 0 Å². The lowest BCUT2D eigenvalue weighted by Gasteiger charge is -2.17. The van der Waals surface area contributed by atoms with Crippen LogP contribution in [0.5, 0.6) is 5.75 Å². The molecule has 0 saturated carbocycles. The van der Waals surface area contributed by atoms with Crippen molar-refractivity contribution in [2.45, 2.75) is 33.1 Å². The van der Waals surface area contributed by atoms with Gasteiger partial charge in [0.2, 0.25) is 0 Å². The van der Waals surface area contributed by atoms with Gasteiger partial charge in [0.1, 0.15) is 12.0 Å². The SMILES string of the molecule is Cc1cc(Cl)c(O)c(C(C)CC=O)c1C. The second kappa shape index (κ2) is 4.67. The standard InChI is InChI=1S/C12H15ClO2/c1-7(4-5-14)11-9(3)8(2)6-10(13)12(11)15/h5-7,15H,4H2,1-3H3. The Labute approximate surface area is 94.9 Å². The van der Waals surface area contributed by atoms with Crippen molar-refractivity contribution < 1.29 is 9.90 Å². The first-order chi connectivity index (χ1) is 6.99. The van der Waals surface area contributed by atoms with Gasteiger partial charge in [-0.25, -0.2) is 0 Å². The zero-order valence-electron chi connectivity index (χ0n) is 9.17. The molecule has 0 saturated heterocycles. The third-order valence-electron chi connectivity index (χ3n) is 2.76. The summed E-state index contributed by atoms with van der Waals surface area (Å²) in [7, 11) is 0. The molecular weight excluding hydrogens is 212 g/mol. The maximum absolute atomic E-state index is 10.5. The van der Waals surface area contributed by atoms with Gasteiger partial charge in [-0.15, -0.1) is 0 Å². The molecule has 1 atom stereocenters. The molecule has 1 rings (SSSR count). The van der Waals surface area contributed by atoms with E-state index in [1.165, 1.54) is 0 Å². The molecular formula is C12H15ClO2. The number of phenolic OH excluding ortho intramolecular Hbond substituents is 1. The van der Waals surface area contributed by atoms with E-state index in [1.54, 1.807) is 6.07 Å². The molecule has 15 heavy (non-hydrogen) atoms. The van der Waals surface area contributed by atoms with Crippen LogP contribution in [0.4, 0.5) is 0 Å². The number of hydrogen-bond acceptors (Lipinski definition) is 2. The molecule has 0 amide bonds. The summed E-state index contributed by atoms with van der Waals surface area (Å²) >= 11 is 5.90. The number of benzene rings is 1. The first kappa shape index (κ1) is 12.1. The van der Waals surface area contributed by atoms with Gasteiger partial charge in [0.25, 0.3) is 0 Å². The van der Waals surface area contributed by atoms with Gasteiger partial charge in [-0.3, -0.25) is 0 Å². The monoisotopic (exact) mass is 226 g/mol. The maximum Gasteiger partial charge on any atom is 0.137 e. The predicted octanol–water partition coefficient (Wildman–Crippen LogP) is 3.35. The molecule has 0 fully saturated rings. The molecule has 3 heteroatoms. The zero-order valence-corrected chi connectivity index (χ0v) is 9.93. The van der Waals surface area contributed by atoms with Crippen LogP contribution in [0.1, 0.15) is 36.0 Å². The highest BCUT2D eigenvalue weighted by Gasteiger charge is 2.17. The number of halogens is 1. The number of phenols is 1. The molecule has 2 nitrogen and oxygen atoms in total. The quantitative estimate of drug-likeness (QED) is 0.803. The summed E-state index contributed by atoms with van der Waals surface area (Å²) in [6, 6.07) is 1.74. The van der Waals surface area contributed by atoms with E-state index in [0.29, 0.717) is 11.4 Å². The minimum Gasteiger partial charge on any atom is -0.506 e. The Morgan fingerprint density at radius 2 is 2.13 bits per heavy atom. The van der Waals surface area contributed by atoms with Gasteiger partial charge in [-0.2, -0.15) is 0 Å². The Morgan fingerprint density at radius 1 is 1.53 bits per heavy atom. The summed E-state index contributed by atoms with van der Waals surface area (Å²) in [5, 5.41) is 10.2. The highest BCUT2D eigenvalue weighted by atomic mass is 35.5. The lowest BCUT2D eigenvalue weighted by molar-refractivity contribution is -0.108. The van der Waals surface area contributed by atoms with E-state index in [2.05, 4.69) is 0 Å². The fourth-order valence-corrected chi connectivity index (χ4v) is 2.02. The van der Waals surface area contributed by atoms with E-state index in [4.69, 9.17) is 11.6 Å². The minimum atomic E-state index is -0.0000926. The molecule has 1 aromatic rings. The van der Waals surface area contributed by atoms with Crippen molar-refractivity contribution in [3.63, 3.8) is 0 Å². The Balaban J connectivity index is 3.31. The van der Waals surface area contributed by atoms with Crippen LogP contribution in [-0.4, -0.2) is 11.4 Å². The molecule has 0 aromatic heterocycles. The van der Waals surface area contributed by atoms with Crippen molar-refractivity contribution >= 4 is 17.9 Å². The largest absolute Gasteiger partial charge is 0.506 e. The molecule has 1 unspecified atom stereocenters. The summed E-state index contributed by atoms with van der Waals surface area (Å²) in [4.78, 5) is 10.5. The number of carbonyl (C=O) groups excluding carboxylic acids is 1. The zero-order chi connectivity index (χ0) is 11.6.